The van der Waals surface area contributed by atoms with Crippen LogP contribution in [0, 0.1) is 5.82 Å². The van der Waals surface area contributed by atoms with Gasteiger partial charge in [0.2, 0.25) is 0 Å². The summed E-state index contributed by atoms with van der Waals surface area (Å²) in [5.74, 6) is -0.326. The van der Waals surface area contributed by atoms with Crippen molar-refractivity contribution in [3.63, 3.8) is 0 Å². The number of ether oxygens (including phenoxy) is 1. The Balaban J connectivity index is -0.000000373. The molecule has 1 aromatic rings. The van der Waals surface area contributed by atoms with E-state index in [0.717, 1.165) is 0 Å². The van der Waals surface area contributed by atoms with Gasteiger partial charge in [-0.25, -0.2) is 0 Å². The Labute approximate surface area is 189 Å². The maximum absolute atomic E-state index is 12.9. The molecule has 1 aromatic carbocycles. The van der Waals surface area contributed by atoms with Crippen LogP contribution in [0.3, 0.4) is 0 Å². The second kappa shape index (κ2) is 15.2. The fourth-order valence-electron chi connectivity index (χ4n) is 1.11. The summed E-state index contributed by atoms with van der Waals surface area (Å²) >= 11 is 0.545. The zero-order valence-electron chi connectivity index (χ0n) is 14.4. The van der Waals surface area contributed by atoms with Gasteiger partial charge < -0.3 is 51.8 Å². The molecule has 0 bridgehead atoms. The number of carbonyl (C=O) groups is 1. The Morgan fingerprint density at radius 2 is 1.24 bits per heavy atom. The van der Waals surface area contributed by atoms with Gasteiger partial charge in [0.05, 0.1) is 0 Å². The molecule has 20 heteroatoms. The number of nitrogens with one attached hydrogen (secondary N) is 1. The van der Waals surface area contributed by atoms with Crippen LogP contribution in [-0.4, -0.2) is 84.4 Å². The molecular formula is C9H9B3F13KNO2-3. The minimum absolute atomic E-state index is 0.247. The van der Waals surface area contributed by atoms with Gasteiger partial charge in [0.15, 0.2) is 0 Å². The van der Waals surface area contributed by atoms with Crippen molar-refractivity contribution in [2.45, 2.75) is 0 Å². The first-order chi connectivity index (χ1) is 12.7. The largest absolute Gasteiger partial charge is 0.673 e. The third-order valence-electron chi connectivity index (χ3n) is 1.74. The molecule has 0 heterocycles. The fraction of sp³-hybridized carbons (Fsp3) is 0.222. The van der Waals surface area contributed by atoms with Gasteiger partial charge in [-0.3, -0.25) is 0 Å². The molecule has 29 heavy (non-hydrogen) atoms. The van der Waals surface area contributed by atoms with Crippen LogP contribution < -0.4 is 10.1 Å². The first kappa shape index (κ1) is 33.1. The Morgan fingerprint density at radius 1 is 0.897 bits per heavy atom. The average Bonchev–Trinajstić information content (AvgIpc) is 2.42. The number of carbonyl (C=O) groups excluding carboxylic acids is 1. The predicted octanol–water partition coefficient (Wildman–Crippen LogP) is 4.59. The van der Waals surface area contributed by atoms with Crippen molar-refractivity contribution in [2.75, 3.05) is 7.75 Å². The van der Waals surface area contributed by atoms with Crippen molar-refractivity contribution in [2.24, 2.45) is 0 Å². The molecule has 1 N–H and O–H groups in total. The Bertz CT molecular complexity index is 550. The molecule has 0 saturated heterocycles. The van der Waals surface area contributed by atoms with E-state index in [-0.39, 0.29) is 11.5 Å². The SMILES string of the molecule is COc1ccc(F)cc1C(=O)N[CH2][K].F[B-](F)(F)F.F[B-](F)(F)F.F[B-](F)(F)F. The zero-order chi connectivity index (χ0) is 24.1. The second-order valence-electron chi connectivity index (χ2n) is 4.19. The molecule has 1 rings (SSSR count). The van der Waals surface area contributed by atoms with E-state index in [4.69, 9.17) is 4.74 Å². The molecule has 0 aromatic heterocycles. The predicted molar refractivity (Wildman–Crippen MR) is 81.6 cm³/mol. The van der Waals surface area contributed by atoms with E-state index < -0.39 is 27.6 Å². The molecular weight excluding hydrogens is 473 g/mol. The van der Waals surface area contributed by atoms with E-state index in [1.54, 1.807) is 0 Å². The molecule has 1 amide bonds. The van der Waals surface area contributed by atoms with Crippen molar-refractivity contribution >= 4 is 76.6 Å². The van der Waals surface area contributed by atoms with Crippen LogP contribution in [0.5, 0.6) is 5.75 Å². The van der Waals surface area contributed by atoms with E-state index in [1.165, 1.54) is 25.3 Å². The number of amides is 1. The number of methoxy groups -OCH3 is 1. The standard InChI is InChI=1S/C9H9FNO2.3BF4.K/c1-11-9(12)7-5-6(10)3-4-8(7)13-2;3*2-1(3,4)5;/h3-5H,1H2,2H3,(H,11,12);;;;/q;3*-1;. The van der Waals surface area contributed by atoms with Crippen molar-refractivity contribution in [3.05, 3.63) is 29.6 Å². The number of halogens is 13. The van der Waals surface area contributed by atoms with E-state index in [2.05, 4.69) is 5.32 Å². The first-order valence-corrected chi connectivity index (χ1v) is 9.13. The van der Waals surface area contributed by atoms with Crippen molar-refractivity contribution in [3.8, 4) is 5.75 Å². The minimum atomic E-state index is -6.00. The van der Waals surface area contributed by atoms with Crippen molar-refractivity contribution in [1.29, 1.82) is 0 Å². The van der Waals surface area contributed by atoms with Crippen LogP contribution >= 0.6 is 0 Å². The van der Waals surface area contributed by atoms with E-state index >= 15 is 0 Å². The Kier molecular flexibility index (Phi) is 17.4. The molecule has 166 valence electrons. The van der Waals surface area contributed by atoms with Gasteiger partial charge in [-0.05, 0) is 0 Å². The van der Waals surface area contributed by atoms with Crippen molar-refractivity contribution in [1.82, 2.24) is 5.32 Å². The van der Waals surface area contributed by atoms with Gasteiger partial charge >= 0.3 is 139 Å². The van der Waals surface area contributed by atoms with Crippen LogP contribution in [0.4, 0.5) is 56.2 Å². The second-order valence-corrected chi connectivity index (χ2v) is 5.29. The van der Waals surface area contributed by atoms with Gasteiger partial charge in [0, 0.05) is 0 Å². The molecule has 0 aliphatic rings. The topological polar surface area (TPSA) is 38.3 Å². The molecule has 3 nitrogen and oxygen atoms in total. The van der Waals surface area contributed by atoms with Gasteiger partial charge in [-0.15, -0.1) is 0 Å². The quantitative estimate of drug-likeness (QED) is 0.507. The minimum Gasteiger partial charge on any atom is -0.418 e. The molecule has 0 aliphatic heterocycles. The number of hydrogen-bond donors (Lipinski definition) is 1. The average molecular weight is 482 g/mol. The van der Waals surface area contributed by atoms with E-state index in [0.29, 0.717) is 55.3 Å². The summed E-state index contributed by atoms with van der Waals surface area (Å²) in [4.78, 5) is 11.4. The van der Waals surface area contributed by atoms with E-state index in [1.807, 2.05) is 0 Å². The van der Waals surface area contributed by atoms with E-state index in [9.17, 15) is 61.0 Å². The molecule has 0 saturated carbocycles. The van der Waals surface area contributed by atoms with Gasteiger partial charge in [0.1, 0.15) is 0 Å². The Morgan fingerprint density at radius 3 is 1.52 bits per heavy atom. The first-order valence-electron chi connectivity index (χ1n) is 6.92. The third-order valence-corrected chi connectivity index (χ3v) is 2.30. The summed E-state index contributed by atoms with van der Waals surface area (Å²) in [7, 11) is -16.5. The molecule has 0 radical (unpaired) electrons. The number of benzene rings is 1. The van der Waals surface area contributed by atoms with Crippen LogP contribution in [0.2, 0.25) is 0 Å². The third kappa shape index (κ3) is 38.6. The summed E-state index contributed by atoms with van der Waals surface area (Å²) in [5, 5.41) is 2.66. The summed E-state index contributed by atoms with van der Waals surface area (Å²) < 4.78 is 136. The van der Waals surface area contributed by atoms with Crippen molar-refractivity contribution < 1.29 is 65.7 Å². The van der Waals surface area contributed by atoms with Crippen LogP contribution in [0.25, 0.3) is 0 Å². The van der Waals surface area contributed by atoms with Gasteiger partial charge in [-0.1, -0.05) is 0 Å². The molecule has 0 unspecified atom stereocenters. The summed E-state index contributed by atoms with van der Waals surface area (Å²) in [6.45, 7) is 0. The summed E-state index contributed by atoms with van der Waals surface area (Å²) in [6, 6.07) is 3.89. The molecule has 0 aliphatic carbocycles. The van der Waals surface area contributed by atoms with Crippen LogP contribution in [0.1, 0.15) is 10.4 Å². The zero-order valence-corrected chi connectivity index (χ0v) is 17.5. The maximum Gasteiger partial charge on any atom is 0.673 e. The maximum atomic E-state index is 12.9. The normalized spacial score (nSPS) is 10.9. The fourth-order valence-corrected chi connectivity index (χ4v) is 1.61. The van der Waals surface area contributed by atoms with Crippen LogP contribution in [-0.2, 0) is 0 Å². The number of rotatable bonds is 3. The molecule has 0 spiro atoms. The summed E-state index contributed by atoms with van der Waals surface area (Å²) in [6.07, 6.45) is 0. The smallest absolute Gasteiger partial charge is 0.418 e. The number of hydrogen-bond acceptors (Lipinski definition) is 2. The summed E-state index contributed by atoms with van der Waals surface area (Å²) in [5.41, 5.74) is 0.247. The Hall–Kier alpha value is -0.589. The van der Waals surface area contributed by atoms with Crippen LogP contribution in [0.15, 0.2) is 18.2 Å². The van der Waals surface area contributed by atoms with Gasteiger partial charge in [0.25, 0.3) is 0 Å². The van der Waals surface area contributed by atoms with Gasteiger partial charge in [-0.2, -0.15) is 0 Å². The molecule has 0 fully saturated rings. The monoisotopic (exact) mass is 482 g/mol. The molecule has 0 atom stereocenters.